The third-order valence-corrected chi connectivity index (χ3v) is 3.76. The number of benzene rings is 1. The minimum atomic E-state index is 0.191. The first-order chi connectivity index (χ1) is 7.97. The molecule has 17 heavy (non-hydrogen) atoms. The zero-order chi connectivity index (χ0) is 12.5. The van der Waals surface area contributed by atoms with E-state index in [4.69, 9.17) is 0 Å². The van der Waals surface area contributed by atoms with Crippen molar-refractivity contribution in [2.45, 2.75) is 51.9 Å². The second-order valence-electron chi connectivity index (χ2n) is 6.22. The van der Waals surface area contributed by atoms with E-state index in [1.807, 2.05) is 0 Å². The number of Topliss-reactive ketones (excluding diaryl/α,β-unsaturated/α-hetero) is 1. The molecular formula is C16H22O. The van der Waals surface area contributed by atoms with Crippen LogP contribution in [0.2, 0.25) is 0 Å². The Morgan fingerprint density at radius 1 is 1.18 bits per heavy atom. The van der Waals surface area contributed by atoms with Gasteiger partial charge in [-0.25, -0.2) is 0 Å². The molecule has 0 atom stereocenters. The predicted octanol–water partition coefficient (Wildman–Crippen LogP) is 3.90. The molecule has 0 heterocycles. The third-order valence-electron chi connectivity index (χ3n) is 3.76. The van der Waals surface area contributed by atoms with E-state index in [9.17, 15) is 4.79 Å². The molecule has 1 aromatic rings. The number of carbonyl (C=O) groups is 1. The summed E-state index contributed by atoms with van der Waals surface area (Å²) in [4.78, 5) is 11.9. The van der Waals surface area contributed by atoms with Crippen LogP contribution in [0.3, 0.4) is 0 Å². The maximum atomic E-state index is 11.9. The van der Waals surface area contributed by atoms with Gasteiger partial charge in [-0.2, -0.15) is 0 Å². The molecule has 0 N–H and O–H groups in total. The molecule has 1 aromatic carbocycles. The molecule has 0 bridgehead atoms. The van der Waals surface area contributed by atoms with Crippen LogP contribution in [0.25, 0.3) is 0 Å². The fourth-order valence-electron chi connectivity index (χ4n) is 2.20. The Morgan fingerprint density at radius 3 is 2.18 bits per heavy atom. The fraction of sp³-hybridized carbons (Fsp3) is 0.562. The van der Waals surface area contributed by atoms with Gasteiger partial charge in [-0.3, -0.25) is 4.79 Å². The van der Waals surface area contributed by atoms with Gasteiger partial charge in [0.25, 0.3) is 0 Å². The molecule has 0 aromatic heterocycles. The van der Waals surface area contributed by atoms with Crippen LogP contribution < -0.4 is 0 Å². The second-order valence-corrected chi connectivity index (χ2v) is 6.22. The van der Waals surface area contributed by atoms with E-state index < -0.39 is 0 Å². The molecule has 1 fully saturated rings. The van der Waals surface area contributed by atoms with Crippen LogP contribution in [0.1, 0.15) is 51.2 Å². The first-order valence-corrected chi connectivity index (χ1v) is 6.59. The van der Waals surface area contributed by atoms with Crippen LogP contribution in [-0.2, 0) is 16.6 Å². The summed E-state index contributed by atoms with van der Waals surface area (Å²) in [6.07, 6.45) is 4.08. The Bertz CT molecular complexity index is 391. The van der Waals surface area contributed by atoms with Gasteiger partial charge in [0.05, 0.1) is 0 Å². The highest BCUT2D eigenvalue weighted by Crippen LogP contribution is 2.28. The molecule has 1 aliphatic rings. The Morgan fingerprint density at radius 2 is 1.76 bits per heavy atom. The monoisotopic (exact) mass is 230 g/mol. The average Bonchev–Trinajstić information content (AvgIpc) is 2.13. The van der Waals surface area contributed by atoms with Gasteiger partial charge in [-0.15, -0.1) is 0 Å². The number of carbonyl (C=O) groups excluding carboxylic acids is 1. The molecule has 1 nitrogen and oxygen atoms in total. The molecule has 0 unspecified atom stereocenters. The summed E-state index contributed by atoms with van der Waals surface area (Å²) >= 11 is 0. The molecule has 0 amide bonds. The molecule has 1 aliphatic carbocycles. The highest BCUT2D eigenvalue weighted by atomic mass is 16.1. The molecule has 1 heteroatoms. The summed E-state index contributed by atoms with van der Waals surface area (Å²) in [6, 6.07) is 8.53. The van der Waals surface area contributed by atoms with Crippen molar-refractivity contribution in [2.75, 3.05) is 0 Å². The molecular weight excluding hydrogens is 208 g/mol. The quantitative estimate of drug-likeness (QED) is 0.769. The van der Waals surface area contributed by atoms with Crippen LogP contribution in [-0.4, -0.2) is 5.78 Å². The maximum absolute atomic E-state index is 11.9. The zero-order valence-corrected chi connectivity index (χ0v) is 11.1. The van der Waals surface area contributed by atoms with Crippen molar-refractivity contribution < 1.29 is 4.79 Å². The minimum Gasteiger partial charge on any atom is -0.299 e. The van der Waals surface area contributed by atoms with Crippen molar-refractivity contribution in [3.63, 3.8) is 0 Å². The lowest BCUT2D eigenvalue weighted by Crippen LogP contribution is -2.23. The predicted molar refractivity (Wildman–Crippen MR) is 71.2 cm³/mol. The van der Waals surface area contributed by atoms with Crippen LogP contribution in [0, 0.1) is 5.92 Å². The molecule has 1 saturated carbocycles. The summed E-state index contributed by atoms with van der Waals surface area (Å²) in [6.45, 7) is 6.63. The smallest absolute Gasteiger partial charge is 0.140 e. The van der Waals surface area contributed by atoms with Crippen LogP contribution >= 0.6 is 0 Å². The standard InChI is InChI=1S/C16H22O/c1-16(2,3)14-9-7-12(8-10-14)11-15(17)13-5-4-6-13/h7-10,13H,4-6,11H2,1-3H3. The van der Waals surface area contributed by atoms with Gasteiger partial charge in [0, 0.05) is 12.3 Å². The Kier molecular flexibility index (Phi) is 3.37. The van der Waals surface area contributed by atoms with E-state index >= 15 is 0 Å². The van der Waals surface area contributed by atoms with Crippen molar-refractivity contribution in [3.8, 4) is 0 Å². The van der Waals surface area contributed by atoms with Gasteiger partial charge in [0.15, 0.2) is 0 Å². The normalized spacial score (nSPS) is 16.6. The number of ketones is 1. The topological polar surface area (TPSA) is 17.1 Å². The lowest BCUT2D eigenvalue weighted by atomic mass is 9.80. The van der Waals surface area contributed by atoms with E-state index in [1.165, 1.54) is 12.0 Å². The number of hydrogen-bond acceptors (Lipinski definition) is 1. The van der Waals surface area contributed by atoms with Gasteiger partial charge < -0.3 is 0 Å². The molecule has 0 radical (unpaired) electrons. The van der Waals surface area contributed by atoms with Crippen molar-refractivity contribution in [2.24, 2.45) is 5.92 Å². The van der Waals surface area contributed by atoms with Crippen molar-refractivity contribution in [1.82, 2.24) is 0 Å². The second kappa shape index (κ2) is 4.64. The lowest BCUT2D eigenvalue weighted by Gasteiger charge is -2.24. The molecule has 0 spiro atoms. The van der Waals surface area contributed by atoms with Gasteiger partial charge in [0.2, 0.25) is 0 Å². The third kappa shape index (κ3) is 2.96. The van der Waals surface area contributed by atoms with Crippen molar-refractivity contribution in [3.05, 3.63) is 35.4 Å². The first-order valence-electron chi connectivity index (χ1n) is 6.59. The number of hydrogen-bond donors (Lipinski definition) is 0. The van der Waals surface area contributed by atoms with Crippen molar-refractivity contribution in [1.29, 1.82) is 0 Å². The van der Waals surface area contributed by atoms with E-state index in [-0.39, 0.29) is 5.41 Å². The van der Waals surface area contributed by atoms with Gasteiger partial charge in [0.1, 0.15) is 5.78 Å². The van der Waals surface area contributed by atoms with Gasteiger partial charge >= 0.3 is 0 Å². The molecule has 0 aliphatic heterocycles. The summed E-state index contributed by atoms with van der Waals surface area (Å²) < 4.78 is 0. The first kappa shape index (κ1) is 12.3. The molecule has 0 saturated heterocycles. The van der Waals surface area contributed by atoms with Crippen LogP contribution in [0.5, 0.6) is 0 Å². The Labute approximate surface area is 104 Å². The zero-order valence-electron chi connectivity index (χ0n) is 11.1. The molecule has 92 valence electrons. The van der Waals surface area contributed by atoms with E-state index in [2.05, 4.69) is 45.0 Å². The van der Waals surface area contributed by atoms with Gasteiger partial charge in [-0.1, -0.05) is 51.5 Å². The highest BCUT2D eigenvalue weighted by Gasteiger charge is 2.24. The van der Waals surface area contributed by atoms with Crippen molar-refractivity contribution >= 4 is 5.78 Å². The fourth-order valence-corrected chi connectivity index (χ4v) is 2.20. The van der Waals surface area contributed by atoms with E-state index in [0.717, 1.165) is 18.4 Å². The average molecular weight is 230 g/mol. The summed E-state index contributed by atoms with van der Waals surface area (Å²) in [5.41, 5.74) is 2.68. The van der Waals surface area contributed by atoms with E-state index in [0.29, 0.717) is 18.1 Å². The lowest BCUT2D eigenvalue weighted by molar-refractivity contribution is -0.124. The maximum Gasteiger partial charge on any atom is 0.140 e. The minimum absolute atomic E-state index is 0.191. The Hall–Kier alpha value is -1.11. The summed E-state index contributed by atoms with van der Waals surface area (Å²) in [7, 11) is 0. The number of rotatable bonds is 3. The van der Waals surface area contributed by atoms with Crippen LogP contribution in [0.4, 0.5) is 0 Å². The van der Waals surface area contributed by atoms with Crippen LogP contribution in [0.15, 0.2) is 24.3 Å². The van der Waals surface area contributed by atoms with Gasteiger partial charge in [-0.05, 0) is 29.4 Å². The SMILES string of the molecule is CC(C)(C)c1ccc(CC(=O)C2CCC2)cc1. The summed E-state index contributed by atoms with van der Waals surface area (Å²) in [5.74, 6) is 0.789. The summed E-state index contributed by atoms with van der Waals surface area (Å²) in [5, 5.41) is 0. The Balaban J connectivity index is 2.00. The molecule has 2 rings (SSSR count). The van der Waals surface area contributed by atoms with E-state index in [1.54, 1.807) is 0 Å². The highest BCUT2D eigenvalue weighted by molar-refractivity contribution is 5.83. The largest absolute Gasteiger partial charge is 0.299 e.